The van der Waals surface area contributed by atoms with Gasteiger partial charge in [0.05, 0.1) is 35.5 Å². The van der Waals surface area contributed by atoms with E-state index in [0.29, 0.717) is 49.6 Å². The third-order valence-corrected chi connectivity index (χ3v) is 5.72. The average molecular weight is 467 g/mol. The highest BCUT2D eigenvalue weighted by atomic mass is 19.1. The van der Waals surface area contributed by atoms with E-state index >= 15 is 0 Å². The van der Waals surface area contributed by atoms with Gasteiger partial charge in [-0.05, 0) is 43.3 Å². The van der Waals surface area contributed by atoms with Gasteiger partial charge in [0.2, 0.25) is 5.43 Å². The lowest BCUT2D eigenvalue weighted by molar-refractivity contribution is 0.0685. The Morgan fingerprint density at radius 3 is 2.29 bits per heavy atom. The molecular formula is C23H22FN5O5. The fourth-order valence-electron chi connectivity index (χ4n) is 3.87. The zero-order chi connectivity index (χ0) is 24.4. The number of anilines is 1. The maximum absolute atomic E-state index is 15.0. The fraction of sp³-hybridized carbons (Fsp3) is 0.261. The number of fused-ring (bicyclic) bond motifs is 1. The molecule has 1 aliphatic heterocycles. The lowest BCUT2D eigenvalue weighted by atomic mass is 10.1. The van der Waals surface area contributed by atoms with Crippen LogP contribution < -0.4 is 10.3 Å². The van der Waals surface area contributed by atoms with Gasteiger partial charge in [-0.15, -0.1) is 5.11 Å². The second-order valence-electron chi connectivity index (χ2n) is 7.77. The largest absolute Gasteiger partial charge is 0.478 e. The van der Waals surface area contributed by atoms with Crippen molar-refractivity contribution in [3.63, 3.8) is 0 Å². The molecule has 3 aromatic rings. The zero-order valence-electron chi connectivity index (χ0n) is 18.3. The summed E-state index contributed by atoms with van der Waals surface area (Å²) in [6.07, 6.45) is 1.29. The van der Waals surface area contributed by atoms with Crippen molar-refractivity contribution in [2.75, 3.05) is 31.1 Å². The summed E-state index contributed by atoms with van der Waals surface area (Å²) >= 11 is 0. The molecule has 2 N–H and O–H groups in total. The maximum atomic E-state index is 15.0. The molecule has 0 saturated carbocycles. The Morgan fingerprint density at radius 1 is 1.03 bits per heavy atom. The molecule has 0 atom stereocenters. The highest BCUT2D eigenvalue weighted by Gasteiger charge is 2.22. The summed E-state index contributed by atoms with van der Waals surface area (Å²) in [5.74, 6) is -2.95. The van der Waals surface area contributed by atoms with Gasteiger partial charge in [-0.2, -0.15) is 0 Å². The van der Waals surface area contributed by atoms with E-state index < -0.39 is 28.7 Å². The number of aryl methyl sites for hydroxylation is 1. The summed E-state index contributed by atoms with van der Waals surface area (Å²) in [4.78, 5) is 36.7. The number of nitrogens with zero attached hydrogens (tertiary/aromatic N) is 5. The van der Waals surface area contributed by atoms with Gasteiger partial charge in [-0.3, -0.25) is 9.80 Å². The molecule has 2 aromatic carbocycles. The van der Waals surface area contributed by atoms with E-state index in [0.717, 1.165) is 6.07 Å². The Balaban J connectivity index is 1.52. The van der Waals surface area contributed by atoms with E-state index in [4.69, 9.17) is 5.11 Å². The van der Waals surface area contributed by atoms with Crippen LogP contribution >= 0.6 is 0 Å². The van der Waals surface area contributed by atoms with Crippen LogP contribution in [0.2, 0.25) is 0 Å². The van der Waals surface area contributed by atoms with Crippen molar-refractivity contribution in [1.29, 1.82) is 0 Å². The molecule has 1 fully saturated rings. The number of aromatic nitrogens is 1. The Labute approximate surface area is 193 Å². The van der Waals surface area contributed by atoms with E-state index in [2.05, 4.69) is 10.3 Å². The number of benzene rings is 2. The van der Waals surface area contributed by atoms with Crippen LogP contribution in [0.1, 0.15) is 27.6 Å². The van der Waals surface area contributed by atoms with E-state index in [1.807, 2.05) is 11.8 Å². The van der Waals surface area contributed by atoms with Crippen LogP contribution in [0.3, 0.4) is 0 Å². The number of hydrogen-bond donors (Lipinski definition) is 2. The van der Waals surface area contributed by atoms with E-state index in [1.54, 1.807) is 27.8 Å². The lowest BCUT2D eigenvalue weighted by Crippen LogP contribution is -2.44. The number of piperazine rings is 1. The third kappa shape index (κ3) is 4.45. The number of carbonyl (C=O) groups is 2. The van der Waals surface area contributed by atoms with Crippen LogP contribution in [0.25, 0.3) is 10.9 Å². The van der Waals surface area contributed by atoms with Gasteiger partial charge in [0, 0.05) is 31.2 Å². The fourth-order valence-corrected chi connectivity index (χ4v) is 3.87. The number of carboxylic acids is 2. The molecule has 10 nitrogen and oxygen atoms in total. The number of pyridine rings is 1. The molecule has 0 radical (unpaired) electrons. The number of rotatable bonds is 6. The van der Waals surface area contributed by atoms with E-state index in [9.17, 15) is 23.9 Å². The Kier molecular flexibility index (Phi) is 6.26. The van der Waals surface area contributed by atoms with Gasteiger partial charge < -0.3 is 19.7 Å². The summed E-state index contributed by atoms with van der Waals surface area (Å²) in [6, 6.07) is 8.73. The minimum atomic E-state index is -1.35. The number of aromatic carboxylic acids is 2. The minimum Gasteiger partial charge on any atom is -0.478 e. The van der Waals surface area contributed by atoms with Gasteiger partial charge >= 0.3 is 11.9 Å². The maximum Gasteiger partial charge on any atom is 0.341 e. The first-order chi connectivity index (χ1) is 16.3. The number of hydrogen-bond acceptors (Lipinski definition) is 6. The summed E-state index contributed by atoms with van der Waals surface area (Å²) in [5, 5.41) is 28.3. The van der Waals surface area contributed by atoms with Crippen molar-refractivity contribution in [2.24, 2.45) is 10.3 Å². The first-order valence-electron chi connectivity index (χ1n) is 10.6. The molecule has 34 heavy (non-hydrogen) atoms. The van der Waals surface area contributed by atoms with Crippen LogP contribution in [0, 0.1) is 5.82 Å². The zero-order valence-corrected chi connectivity index (χ0v) is 18.3. The van der Waals surface area contributed by atoms with Crippen LogP contribution in [-0.2, 0) is 6.54 Å². The second-order valence-corrected chi connectivity index (χ2v) is 7.77. The highest BCUT2D eigenvalue weighted by molar-refractivity contribution is 5.93. The second kappa shape index (κ2) is 9.30. The first kappa shape index (κ1) is 22.9. The molecule has 0 bridgehead atoms. The van der Waals surface area contributed by atoms with Gasteiger partial charge in [0.25, 0.3) is 0 Å². The first-order valence-corrected chi connectivity index (χ1v) is 10.6. The molecular weight excluding hydrogens is 445 g/mol. The van der Waals surface area contributed by atoms with Gasteiger partial charge in [0.15, 0.2) is 0 Å². The molecule has 1 saturated heterocycles. The van der Waals surface area contributed by atoms with Crippen molar-refractivity contribution in [3.05, 3.63) is 69.8 Å². The topological polar surface area (TPSA) is 128 Å². The molecule has 176 valence electrons. The standard InChI is InChI=1S/C23H22FN5O5/c1-2-27-13-17(23(33)34)21(30)16-11-18(24)20(12-19(16)27)28-7-9-29(10-8-28)26-25-15-5-3-14(4-6-15)22(31)32/h3-6,11-13H,2,7-10H2,1H3,(H,31,32)(H,33,34). The molecule has 1 aliphatic rings. The molecule has 1 aromatic heterocycles. The van der Waals surface area contributed by atoms with Crippen molar-refractivity contribution in [1.82, 2.24) is 9.58 Å². The Hall–Kier alpha value is -4.28. The van der Waals surface area contributed by atoms with E-state index in [1.165, 1.54) is 18.3 Å². The molecule has 0 spiro atoms. The third-order valence-electron chi connectivity index (χ3n) is 5.72. The van der Waals surface area contributed by atoms with Gasteiger partial charge in [-0.1, -0.05) is 5.22 Å². The van der Waals surface area contributed by atoms with Crippen molar-refractivity contribution in [3.8, 4) is 0 Å². The Bertz CT molecular complexity index is 1340. The quantitative estimate of drug-likeness (QED) is 0.532. The lowest BCUT2D eigenvalue weighted by Gasteiger charge is -2.34. The van der Waals surface area contributed by atoms with Gasteiger partial charge in [-0.25, -0.2) is 14.0 Å². The molecule has 0 amide bonds. The van der Waals surface area contributed by atoms with Crippen molar-refractivity contribution in [2.45, 2.75) is 13.5 Å². The normalized spacial score (nSPS) is 14.2. The highest BCUT2D eigenvalue weighted by Crippen LogP contribution is 2.26. The summed E-state index contributed by atoms with van der Waals surface area (Å²) in [6.45, 7) is 4.12. The molecule has 2 heterocycles. The molecule has 4 rings (SSSR count). The van der Waals surface area contributed by atoms with Crippen molar-refractivity contribution < 1.29 is 24.2 Å². The molecule has 0 unspecified atom stereocenters. The number of halogens is 1. The monoisotopic (exact) mass is 467 g/mol. The van der Waals surface area contributed by atoms with Crippen LogP contribution in [0.15, 0.2) is 57.7 Å². The van der Waals surface area contributed by atoms with Gasteiger partial charge in [0.1, 0.15) is 11.4 Å². The number of carboxylic acid groups (broad SMARTS) is 2. The van der Waals surface area contributed by atoms with Crippen LogP contribution in [-0.4, -0.2) is 57.9 Å². The predicted molar refractivity (Wildman–Crippen MR) is 123 cm³/mol. The van der Waals surface area contributed by atoms with Crippen LogP contribution in [0.5, 0.6) is 0 Å². The Morgan fingerprint density at radius 2 is 1.71 bits per heavy atom. The SMILES string of the molecule is CCn1cc(C(=O)O)c(=O)c2cc(F)c(N3CCN(N=Nc4ccc(C(=O)O)cc4)CC3)cc21. The summed E-state index contributed by atoms with van der Waals surface area (Å²) in [7, 11) is 0. The van der Waals surface area contributed by atoms with Crippen molar-refractivity contribution >= 4 is 34.2 Å². The smallest absolute Gasteiger partial charge is 0.341 e. The molecule has 0 aliphatic carbocycles. The minimum absolute atomic E-state index is 0.0318. The summed E-state index contributed by atoms with van der Waals surface area (Å²) in [5.41, 5.74) is 0.389. The predicted octanol–water partition coefficient (Wildman–Crippen LogP) is 3.38. The van der Waals surface area contributed by atoms with E-state index in [-0.39, 0.29) is 10.9 Å². The average Bonchev–Trinajstić information content (AvgIpc) is 2.83. The summed E-state index contributed by atoms with van der Waals surface area (Å²) < 4.78 is 16.6. The van der Waals surface area contributed by atoms with Crippen LogP contribution in [0.4, 0.5) is 15.8 Å². The molecule has 11 heteroatoms.